The van der Waals surface area contributed by atoms with E-state index in [4.69, 9.17) is 23.8 Å². The molecular weight excluding hydrogens is 280 g/mol. The molecule has 0 aromatic heterocycles. The molecule has 0 heterocycles. The average molecular weight is 293 g/mol. The summed E-state index contributed by atoms with van der Waals surface area (Å²) in [6.45, 7) is 0.619. The van der Waals surface area contributed by atoms with Gasteiger partial charge < -0.3 is 15.7 Å². The number of thiocarbonyl (C=S) groups is 1. The summed E-state index contributed by atoms with van der Waals surface area (Å²) in [6, 6.07) is 14.7. The molecule has 2 aromatic rings. The van der Waals surface area contributed by atoms with Gasteiger partial charge >= 0.3 is 0 Å². The lowest BCUT2D eigenvalue weighted by atomic mass is 10.2. The maximum Gasteiger partial charge on any atom is 0.171 e. The fourth-order valence-electron chi connectivity index (χ4n) is 1.55. The molecule has 0 bridgehead atoms. The molecule has 0 aliphatic rings. The van der Waals surface area contributed by atoms with Gasteiger partial charge in [0.1, 0.15) is 5.75 Å². The van der Waals surface area contributed by atoms with Gasteiger partial charge in [0.15, 0.2) is 5.11 Å². The minimum Gasteiger partial charge on any atom is -0.506 e. The highest BCUT2D eigenvalue weighted by Crippen LogP contribution is 2.26. The minimum atomic E-state index is 0.105. The zero-order valence-corrected chi connectivity index (χ0v) is 11.6. The first kappa shape index (κ1) is 13.6. The first-order chi connectivity index (χ1) is 9.15. The first-order valence-corrected chi connectivity index (χ1v) is 6.51. The zero-order chi connectivity index (χ0) is 13.7. The number of hydrogen-bond acceptors (Lipinski definition) is 2. The Balaban J connectivity index is 1.93. The maximum absolute atomic E-state index is 9.66. The smallest absolute Gasteiger partial charge is 0.171 e. The fraction of sp³-hybridized carbons (Fsp3) is 0.0714. The van der Waals surface area contributed by atoms with Crippen LogP contribution in [0.4, 0.5) is 5.69 Å². The van der Waals surface area contributed by atoms with Crippen LogP contribution >= 0.6 is 23.8 Å². The third-order valence-electron chi connectivity index (χ3n) is 2.50. The topological polar surface area (TPSA) is 44.3 Å². The third kappa shape index (κ3) is 4.12. The van der Waals surface area contributed by atoms with E-state index in [9.17, 15) is 5.11 Å². The predicted molar refractivity (Wildman–Crippen MR) is 82.6 cm³/mol. The predicted octanol–water partition coefficient (Wildman–Crippen LogP) is 3.53. The Bertz CT molecular complexity index is 575. The van der Waals surface area contributed by atoms with Crippen LogP contribution < -0.4 is 10.6 Å². The summed E-state index contributed by atoms with van der Waals surface area (Å²) in [4.78, 5) is 0. The van der Waals surface area contributed by atoms with Gasteiger partial charge in [-0.2, -0.15) is 0 Å². The molecule has 3 nitrogen and oxygen atoms in total. The van der Waals surface area contributed by atoms with Crippen molar-refractivity contribution in [3.05, 3.63) is 59.1 Å². The Morgan fingerprint density at radius 3 is 2.63 bits per heavy atom. The van der Waals surface area contributed by atoms with Gasteiger partial charge in [-0.1, -0.05) is 41.9 Å². The van der Waals surface area contributed by atoms with Crippen molar-refractivity contribution in [2.24, 2.45) is 0 Å². The number of hydrogen-bond donors (Lipinski definition) is 3. The Morgan fingerprint density at radius 2 is 1.89 bits per heavy atom. The van der Waals surface area contributed by atoms with E-state index in [2.05, 4.69) is 10.6 Å². The molecule has 0 radical (unpaired) electrons. The molecule has 98 valence electrons. The summed E-state index contributed by atoms with van der Waals surface area (Å²) >= 11 is 11.0. The van der Waals surface area contributed by atoms with Crippen LogP contribution in [-0.4, -0.2) is 10.2 Å². The van der Waals surface area contributed by atoms with E-state index < -0.39 is 0 Å². The lowest BCUT2D eigenvalue weighted by Crippen LogP contribution is -2.27. The SMILES string of the molecule is Oc1ccc(Cl)cc1NC(=S)NCc1ccccc1. The number of rotatable bonds is 3. The van der Waals surface area contributed by atoms with E-state index in [1.54, 1.807) is 12.1 Å². The molecule has 0 aliphatic heterocycles. The second-order valence-electron chi connectivity index (χ2n) is 3.95. The molecule has 3 N–H and O–H groups in total. The fourth-order valence-corrected chi connectivity index (χ4v) is 1.91. The van der Waals surface area contributed by atoms with Crippen molar-refractivity contribution in [2.45, 2.75) is 6.54 Å². The van der Waals surface area contributed by atoms with Gasteiger partial charge in [-0.25, -0.2) is 0 Å². The first-order valence-electron chi connectivity index (χ1n) is 5.72. The van der Waals surface area contributed by atoms with Crippen LogP contribution in [0.1, 0.15) is 5.56 Å². The van der Waals surface area contributed by atoms with Crippen LogP contribution in [0, 0.1) is 0 Å². The van der Waals surface area contributed by atoms with Gasteiger partial charge in [0, 0.05) is 11.6 Å². The molecule has 0 saturated heterocycles. The van der Waals surface area contributed by atoms with Crippen LogP contribution in [-0.2, 0) is 6.54 Å². The van der Waals surface area contributed by atoms with Crippen molar-refractivity contribution in [1.29, 1.82) is 0 Å². The number of anilines is 1. The van der Waals surface area contributed by atoms with Crippen molar-refractivity contribution in [3.8, 4) is 5.75 Å². The number of phenols is 1. The van der Waals surface area contributed by atoms with Crippen molar-refractivity contribution in [3.63, 3.8) is 0 Å². The molecular formula is C14H13ClN2OS. The van der Waals surface area contributed by atoms with E-state index in [0.29, 0.717) is 22.4 Å². The van der Waals surface area contributed by atoms with E-state index in [1.165, 1.54) is 6.07 Å². The Hall–Kier alpha value is -1.78. The van der Waals surface area contributed by atoms with Gasteiger partial charge in [-0.15, -0.1) is 0 Å². The summed E-state index contributed by atoms with van der Waals surface area (Å²) < 4.78 is 0. The van der Waals surface area contributed by atoms with Gasteiger partial charge in [0.05, 0.1) is 5.69 Å². The van der Waals surface area contributed by atoms with Gasteiger partial charge in [0.25, 0.3) is 0 Å². The summed E-state index contributed by atoms with van der Waals surface area (Å²) in [6.07, 6.45) is 0. The van der Waals surface area contributed by atoms with Crippen molar-refractivity contribution in [1.82, 2.24) is 5.32 Å². The summed E-state index contributed by atoms with van der Waals surface area (Å²) in [5, 5.41) is 16.6. The maximum atomic E-state index is 9.66. The Kier molecular flexibility index (Phi) is 4.60. The quantitative estimate of drug-likeness (QED) is 0.598. The standard InChI is InChI=1S/C14H13ClN2OS/c15-11-6-7-13(18)12(8-11)17-14(19)16-9-10-4-2-1-3-5-10/h1-8,18H,9H2,(H2,16,17,19). The molecule has 0 fully saturated rings. The molecule has 0 spiro atoms. The Morgan fingerprint density at radius 1 is 1.16 bits per heavy atom. The molecule has 0 amide bonds. The highest BCUT2D eigenvalue weighted by molar-refractivity contribution is 7.80. The van der Waals surface area contributed by atoms with Gasteiger partial charge in [0.2, 0.25) is 0 Å². The summed E-state index contributed by atoms with van der Waals surface area (Å²) in [5.74, 6) is 0.105. The van der Waals surface area contributed by atoms with E-state index in [0.717, 1.165) is 5.56 Å². The molecule has 0 atom stereocenters. The summed E-state index contributed by atoms with van der Waals surface area (Å²) in [5.41, 5.74) is 1.61. The van der Waals surface area contributed by atoms with Crippen LogP contribution in [0.5, 0.6) is 5.75 Å². The average Bonchev–Trinajstić information content (AvgIpc) is 2.42. The monoisotopic (exact) mass is 292 g/mol. The molecule has 19 heavy (non-hydrogen) atoms. The lowest BCUT2D eigenvalue weighted by molar-refractivity contribution is 0.478. The highest BCUT2D eigenvalue weighted by atomic mass is 35.5. The lowest BCUT2D eigenvalue weighted by Gasteiger charge is -2.12. The van der Waals surface area contributed by atoms with Crippen LogP contribution in [0.2, 0.25) is 5.02 Å². The van der Waals surface area contributed by atoms with Crippen molar-refractivity contribution < 1.29 is 5.11 Å². The van der Waals surface area contributed by atoms with Crippen LogP contribution in [0.25, 0.3) is 0 Å². The molecule has 0 aliphatic carbocycles. The van der Waals surface area contributed by atoms with E-state index in [1.807, 2.05) is 30.3 Å². The number of aromatic hydroxyl groups is 1. The minimum absolute atomic E-state index is 0.105. The third-order valence-corrected chi connectivity index (χ3v) is 2.98. The molecule has 0 unspecified atom stereocenters. The van der Waals surface area contributed by atoms with Crippen LogP contribution in [0.3, 0.4) is 0 Å². The number of halogens is 1. The molecule has 2 rings (SSSR count). The molecule has 0 saturated carbocycles. The van der Waals surface area contributed by atoms with Crippen LogP contribution in [0.15, 0.2) is 48.5 Å². The second kappa shape index (κ2) is 6.41. The number of phenolic OH excluding ortho intramolecular Hbond substituents is 1. The van der Waals surface area contributed by atoms with Crippen molar-refractivity contribution in [2.75, 3.05) is 5.32 Å². The number of nitrogens with one attached hydrogen (secondary N) is 2. The zero-order valence-electron chi connectivity index (χ0n) is 10.1. The highest BCUT2D eigenvalue weighted by Gasteiger charge is 2.04. The van der Waals surface area contributed by atoms with Gasteiger partial charge in [-0.3, -0.25) is 0 Å². The van der Waals surface area contributed by atoms with E-state index in [-0.39, 0.29) is 5.75 Å². The van der Waals surface area contributed by atoms with Crippen molar-refractivity contribution >= 4 is 34.6 Å². The second-order valence-corrected chi connectivity index (χ2v) is 4.80. The normalized spacial score (nSPS) is 9.95. The molecule has 2 aromatic carbocycles. The van der Waals surface area contributed by atoms with Gasteiger partial charge in [-0.05, 0) is 36.0 Å². The number of benzene rings is 2. The molecule has 5 heteroatoms. The summed E-state index contributed by atoms with van der Waals surface area (Å²) in [7, 11) is 0. The van der Waals surface area contributed by atoms with E-state index >= 15 is 0 Å². The Labute approximate surface area is 122 Å². The largest absolute Gasteiger partial charge is 0.506 e.